The molecule has 0 unspecified atom stereocenters. The Kier molecular flexibility index (Phi) is 4.84. The Balaban J connectivity index is 1.49. The van der Waals surface area contributed by atoms with Gasteiger partial charge in [0.2, 0.25) is 5.82 Å². The molecule has 3 aromatic heterocycles. The highest BCUT2D eigenvalue weighted by molar-refractivity contribution is 7.09. The maximum Gasteiger partial charge on any atom is 0.206 e. The number of aliphatic hydroxyl groups excluding tert-OH is 1. The van der Waals surface area contributed by atoms with Crippen LogP contribution in [-0.4, -0.2) is 43.0 Å². The summed E-state index contributed by atoms with van der Waals surface area (Å²) in [6, 6.07) is 7.63. The van der Waals surface area contributed by atoms with Crippen LogP contribution < -0.4 is 0 Å². The molecule has 22 heavy (non-hydrogen) atoms. The molecular weight excluding hydrogens is 302 g/mol. The van der Waals surface area contributed by atoms with Gasteiger partial charge < -0.3 is 9.84 Å². The molecule has 0 saturated heterocycles. The molecule has 0 aliphatic rings. The Hall–Kier alpha value is -2.16. The van der Waals surface area contributed by atoms with E-state index in [4.69, 9.17) is 4.74 Å². The molecule has 0 saturated carbocycles. The number of hydrogen-bond donors (Lipinski definition) is 1. The van der Waals surface area contributed by atoms with Gasteiger partial charge in [-0.3, -0.25) is 4.98 Å². The standard InChI is InChI=1S/C14H15N5O2S/c20-12(9-21-10-13-4-2-6-22-13)8-19-17-14(16-18-19)11-3-1-5-15-7-11/h1-7,12,20H,8-10H2/t12-/m1/s1. The van der Waals surface area contributed by atoms with E-state index in [2.05, 4.69) is 20.4 Å². The molecule has 0 radical (unpaired) electrons. The van der Waals surface area contributed by atoms with Crippen molar-refractivity contribution in [2.75, 3.05) is 6.61 Å². The normalized spacial score (nSPS) is 12.4. The summed E-state index contributed by atoms with van der Waals surface area (Å²) in [6.07, 6.45) is 2.67. The zero-order chi connectivity index (χ0) is 15.2. The van der Waals surface area contributed by atoms with Crippen LogP contribution in [-0.2, 0) is 17.9 Å². The summed E-state index contributed by atoms with van der Waals surface area (Å²) >= 11 is 1.63. The Morgan fingerprint density at radius 3 is 3.05 bits per heavy atom. The molecule has 7 nitrogen and oxygen atoms in total. The number of aromatic nitrogens is 5. The fourth-order valence-corrected chi connectivity index (χ4v) is 2.50. The number of tetrazole rings is 1. The van der Waals surface area contributed by atoms with Crippen molar-refractivity contribution < 1.29 is 9.84 Å². The van der Waals surface area contributed by atoms with Gasteiger partial charge in [0.05, 0.1) is 25.9 Å². The molecule has 0 aliphatic heterocycles. The maximum absolute atomic E-state index is 9.95. The van der Waals surface area contributed by atoms with Crippen LogP contribution in [0.5, 0.6) is 0 Å². The average molecular weight is 317 g/mol. The van der Waals surface area contributed by atoms with Crippen LogP contribution in [0.2, 0.25) is 0 Å². The summed E-state index contributed by atoms with van der Waals surface area (Å²) in [5.41, 5.74) is 0.789. The van der Waals surface area contributed by atoms with Crippen molar-refractivity contribution in [3.8, 4) is 11.4 Å². The second kappa shape index (κ2) is 7.21. The van der Waals surface area contributed by atoms with Crippen molar-refractivity contribution >= 4 is 11.3 Å². The van der Waals surface area contributed by atoms with Crippen molar-refractivity contribution in [3.63, 3.8) is 0 Å². The second-order valence-electron chi connectivity index (χ2n) is 4.66. The topological polar surface area (TPSA) is 86.0 Å². The number of hydrogen-bond acceptors (Lipinski definition) is 7. The fourth-order valence-electron chi connectivity index (χ4n) is 1.86. The van der Waals surface area contributed by atoms with Gasteiger partial charge in [-0.2, -0.15) is 4.80 Å². The van der Waals surface area contributed by atoms with E-state index in [1.807, 2.05) is 29.6 Å². The molecule has 0 bridgehead atoms. The third-order valence-corrected chi connectivity index (χ3v) is 3.73. The molecule has 0 aliphatic carbocycles. The van der Waals surface area contributed by atoms with Gasteiger partial charge in [0.25, 0.3) is 0 Å². The van der Waals surface area contributed by atoms with E-state index < -0.39 is 6.10 Å². The molecule has 0 spiro atoms. The minimum absolute atomic E-state index is 0.224. The van der Waals surface area contributed by atoms with E-state index in [1.165, 1.54) is 4.80 Å². The minimum atomic E-state index is -0.684. The molecule has 3 heterocycles. The molecular formula is C14H15N5O2S. The van der Waals surface area contributed by atoms with Crippen LogP contribution >= 0.6 is 11.3 Å². The Bertz CT molecular complexity index is 686. The Labute approximate surface area is 131 Å². The van der Waals surface area contributed by atoms with Gasteiger partial charge in [-0.05, 0) is 28.8 Å². The lowest BCUT2D eigenvalue weighted by atomic mass is 10.3. The lowest BCUT2D eigenvalue weighted by Crippen LogP contribution is -2.23. The van der Waals surface area contributed by atoms with E-state index in [-0.39, 0.29) is 13.2 Å². The predicted molar refractivity (Wildman–Crippen MR) is 81.0 cm³/mol. The molecule has 1 atom stereocenters. The summed E-state index contributed by atoms with van der Waals surface area (Å²) in [4.78, 5) is 6.50. The number of pyridine rings is 1. The number of nitrogens with zero attached hydrogens (tertiary/aromatic N) is 5. The number of aliphatic hydroxyl groups is 1. The van der Waals surface area contributed by atoms with E-state index in [0.29, 0.717) is 12.4 Å². The molecule has 1 N–H and O–H groups in total. The lowest BCUT2D eigenvalue weighted by Gasteiger charge is -2.09. The maximum atomic E-state index is 9.95. The first-order chi connectivity index (χ1) is 10.8. The molecule has 8 heteroatoms. The molecule has 0 amide bonds. The minimum Gasteiger partial charge on any atom is -0.389 e. The fraction of sp³-hybridized carbons (Fsp3) is 0.286. The number of ether oxygens (including phenoxy) is 1. The third-order valence-electron chi connectivity index (χ3n) is 2.88. The smallest absolute Gasteiger partial charge is 0.206 e. The number of thiophene rings is 1. The molecule has 0 fully saturated rings. The van der Waals surface area contributed by atoms with E-state index in [1.54, 1.807) is 23.7 Å². The van der Waals surface area contributed by atoms with Crippen LogP contribution in [0.3, 0.4) is 0 Å². The molecule has 0 aromatic carbocycles. The van der Waals surface area contributed by atoms with Crippen molar-refractivity contribution in [2.24, 2.45) is 0 Å². The Morgan fingerprint density at radius 1 is 1.32 bits per heavy atom. The Morgan fingerprint density at radius 2 is 2.27 bits per heavy atom. The summed E-state index contributed by atoms with van der Waals surface area (Å²) in [6.45, 7) is 0.958. The van der Waals surface area contributed by atoms with Crippen molar-refractivity contribution in [3.05, 3.63) is 46.9 Å². The molecule has 114 valence electrons. The first kappa shape index (κ1) is 14.8. The van der Waals surface area contributed by atoms with Gasteiger partial charge in [0.15, 0.2) is 0 Å². The highest BCUT2D eigenvalue weighted by Crippen LogP contribution is 2.11. The van der Waals surface area contributed by atoms with Crippen molar-refractivity contribution in [2.45, 2.75) is 19.3 Å². The van der Waals surface area contributed by atoms with Gasteiger partial charge in [0, 0.05) is 22.8 Å². The first-order valence-corrected chi connectivity index (χ1v) is 7.65. The van der Waals surface area contributed by atoms with Crippen LogP contribution in [0.15, 0.2) is 42.0 Å². The largest absolute Gasteiger partial charge is 0.389 e. The zero-order valence-corrected chi connectivity index (χ0v) is 12.6. The van der Waals surface area contributed by atoms with Crippen LogP contribution in [0, 0.1) is 0 Å². The predicted octanol–water partition coefficient (Wildman–Crippen LogP) is 1.37. The van der Waals surface area contributed by atoms with Crippen LogP contribution in [0.25, 0.3) is 11.4 Å². The highest BCUT2D eigenvalue weighted by Gasteiger charge is 2.10. The summed E-state index contributed by atoms with van der Waals surface area (Å²) in [5, 5.41) is 24.0. The van der Waals surface area contributed by atoms with Gasteiger partial charge in [-0.15, -0.1) is 21.5 Å². The zero-order valence-electron chi connectivity index (χ0n) is 11.7. The molecule has 3 rings (SSSR count). The first-order valence-electron chi connectivity index (χ1n) is 6.77. The van der Waals surface area contributed by atoms with E-state index in [0.717, 1.165) is 10.4 Å². The quantitative estimate of drug-likeness (QED) is 0.708. The van der Waals surface area contributed by atoms with Gasteiger partial charge in [-0.1, -0.05) is 6.07 Å². The van der Waals surface area contributed by atoms with Crippen molar-refractivity contribution in [1.82, 2.24) is 25.2 Å². The van der Waals surface area contributed by atoms with E-state index in [9.17, 15) is 5.11 Å². The van der Waals surface area contributed by atoms with Gasteiger partial charge in [0.1, 0.15) is 0 Å². The van der Waals surface area contributed by atoms with Gasteiger partial charge >= 0.3 is 0 Å². The SMILES string of the molecule is O[C@@H](COCc1cccs1)Cn1nnc(-c2cccnc2)n1. The molecule has 3 aromatic rings. The second-order valence-corrected chi connectivity index (χ2v) is 5.69. The summed E-state index contributed by atoms with van der Waals surface area (Å²) in [5.74, 6) is 0.486. The van der Waals surface area contributed by atoms with E-state index >= 15 is 0 Å². The lowest BCUT2D eigenvalue weighted by molar-refractivity contribution is 0.0174. The monoisotopic (exact) mass is 317 g/mol. The van der Waals surface area contributed by atoms with Crippen molar-refractivity contribution in [1.29, 1.82) is 0 Å². The van der Waals surface area contributed by atoms with Gasteiger partial charge in [-0.25, -0.2) is 0 Å². The summed E-state index contributed by atoms with van der Waals surface area (Å²) in [7, 11) is 0. The van der Waals surface area contributed by atoms with Crippen LogP contribution in [0.1, 0.15) is 4.88 Å². The average Bonchev–Trinajstić information content (AvgIpc) is 3.20. The van der Waals surface area contributed by atoms with Crippen LogP contribution in [0.4, 0.5) is 0 Å². The third kappa shape index (κ3) is 3.94. The highest BCUT2D eigenvalue weighted by atomic mass is 32.1. The number of rotatable bonds is 7. The summed E-state index contributed by atoms with van der Waals surface area (Å²) < 4.78 is 5.46.